The third-order valence-corrected chi connectivity index (χ3v) is 9.05. The second kappa shape index (κ2) is 13.2. The topological polar surface area (TPSA) is 38.8 Å². The zero-order valence-electron chi connectivity index (χ0n) is 26.4. The first-order chi connectivity index (χ1) is 20.7. The number of fused-ring (bicyclic) bond motifs is 1. The summed E-state index contributed by atoms with van der Waals surface area (Å²) < 4.78 is 12.2. The Morgan fingerprint density at radius 2 is 1.63 bits per heavy atom. The second-order valence-electron chi connectivity index (χ2n) is 12.9. The van der Waals surface area contributed by atoms with Gasteiger partial charge in [-0.3, -0.25) is 4.79 Å². The number of unbranched alkanes of at least 4 members (excludes halogenated alkanes) is 2. The first-order valence-electron chi connectivity index (χ1n) is 16.0. The van der Waals surface area contributed by atoms with E-state index >= 15 is 0 Å². The molecule has 5 rings (SSSR count). The molecule has 1 unspecified atom stereocenters. The Morgan fingerprint density at radius 3 is 2.37 bits per heavy atom. The van der Waals surface area contributed by atoms with Crippen LogP contribution < -0.4 is 9.64 Å². The number of nitrogens with zero attached hydrogens (tertiary/aromatic N) is 1. The van der Waals surface area contributed by atoms with Crippen LogP contribution in [0.2, 0.25) is 0 Å². The summed E-state index contributed by atoms with van der Waals surface area (Å²) in [6.45, 7) is 14.8. The van der Waals surface area contributed by atoms with Gasteiger partial charge in [-0.25, -0.2) is 0 Å². The van der Waals surface area contributed by atoms with Crippen molar-refractivity contribution in [2.45, 2.75) is 71.6 Å². The Hall–Kier alpha value is -3.79. The van der Waals surface area contributed by atoms with Gasteiger partial charge in [-0.05, 0) is 61.9 Å². The van der Waals surface area contributed by atoms with Crippen molar-refractivity contribution in [1.82, 2.24) is 0 Å². The number of hydrogen-bond acceptors (Lipinski definition) is 4. The number of hydrogen-bond donors (Lipinski definition) is 0. The minimum Gasteiger partial charge on any atom is -0.492 e. The average Bonchev–Trinajstić information content (AvgIpc) is 3.24. The second-order valence-corrected chi connectivity index (χ2v) is 12.9. The lowest BCUT2D eigenvalue weighted by molar-refractivity contribution is -0.113. The number of allylic oxidation sites excluding steroid dienone is 8. The average molecular weight is 578 g/mol. The van der Waals surface area contributed by atoms with Gasteiger partial charge in [0, 0.05) is 22.2 Å². The highest BCUT2D eigenvalue weighted by atomic mass is 16.5. The molecule has 0 aromatic heterocycles. The predicted octanol–water partition coefficient (Wildman–Crippen LogP) is 9.27. The standard InChI is InChI=1S/C39H47NO3/c1-6-7-26-43-37-29(2)36(41)32(37)28-35-39(5,22-14-13-15-30-20-23-38(3,4)24-21-30)33-18-11-12-19-34(33)40(35)25-27-42-31-16-9-8-10-17-31/h8-12,16-21,23-24,28,30H,2,6-7,13-15,22,25-27H2,1,3-5H3/b35-28+. The molecule has 4 heteroatoms. The Labute approximate surface area is 258 Å². The van der Waals surface area contributed by atoms with Crippen LogP contribution in [0.1, 0.15) is 71.8 Å². The van der Waals surface area contributed by atoms with E-state index in [9.17, 15) is 4.79 Å². The predicted molar refractivity (Wildman–Crippen MR) is 177 cm³/mol. The van der Waals surface area contributed by atoms with Gasteiger partial charge < -0.3 is 14.4 Å². The molecule has 2 aliphatic carbocycles. The SMILES string of the molecule is C=C1C(=O)C(/C=C2/N(CCOc3ccccc3)c3ccccc3C2(C)CCCCC2C=CC(C)(C)C=C2)=C1OCCCC. The first kappa shape index (κ1) is 30.7. The number of carbonyl (C=O) groups is 1. The van der Waals surface area contributed by atoms with Crippen molar-refractivity contribution >= 4 is 11.5 Å². The van der Waals surface area contributed by atoms with E-state index in [0.717, 1.165) is 50.0 Å². The van der Waals surface area contributed by atoms with E-state index in [1.165, 1.54) is 11.3 Å². The molecule has 226 valence electrons. The molecule has 1 heterocycles. The highest BCUT2D eigenvalue weighted by molar-refractivity contribution is 6.20. The maximum absolute atomic E-state index is 13.1. The number of ether oxygens (including phenoxy) is 2. The molecule has 0 amide bonds. The fourth-order valence-electron chi connectivity index (χ4n) is 6.39. The summed E-state index contributed by atoms with van der Waals surface area (Å²) in [6, 6.07) is 18.6. The smallest absolute Gasteiger partial charge is 0.199 e. The fourth-order valence-corrected chi connectivity index (χ4v) is 6.39. The Morgan fingerprint density at radius 1 is 0.907 bits per heavy atom. The van der Waals surface area contributed by atoms with Gasteiger partial charge in [0.1, 0.15) is 18.1 Å². The van der Waals surface area contributed by atoms with E-state index in [1.54, 1.807) is 0 Å². The normalized spacial score (nSPS) is 21.9. The molecule has 2 aromatic carbocycles. The van der Waals surface area contributed by atoms with Crippen molar-refractivity contribution < 1.29 is 14.3 Å². The summed E-state index contributed by atoms with van der Waals surface area (Å²) >= 11 is 0. The van der Waals surface area contributed by atoms with Gasteiger partial charge in [0.05, 0.1) is 24.3 Å². The van der Waals surface area contributed by atoms with Crippen LogP contribution in [-0.4, -0.2) is 25.5 Å². The maximum Gasteiger partial charge on any atom is 0.199 e. The van der Waals surface area contributed by atoms with Gasteiger partial charge in [-0.15, -0.1) is 0 Å². The van der Waals surface area contributed by atoms with Gasteiger partial charge in [0.2, 0.25) is 0 Å². The van der Waals surface area contributed by atoms with E-state index in [0.29, 0.717) is 42.6 Å². The summed E-state index contributed by atoms with van der Waals surface area (Å²) in [6.07, 6.45) is 17.9. The van der Waals surface area contributed by atoms with Crippen LogP contribution in [0.5, 0.6) is 5.75 Å². The monoisotopic (exact) mass is 577 g/mol. The van der Waals surface area contributed by atoms with Gasteiger partial charge in [0.25, 0.3) is 0 Å². The molecule has 0 bridgehead atoms. The third kappa shape index (κ3) is 6.74. The van der Waals surface area contributed by atoms with E-state index in [2.05, 4.69) is 93.8 Å². The largest absolute Gasteiger partial charge is 0.492 e. The first-order valence-corrected chi connectivity index (χ1v) is 16.0. The summed E-state index contributed by atoms with van der Waals surface area (Å²) in [5, 5.41) is 0. The number of anilines is 1. The van der Waals surface area contributed by atoms with Crippen molar-refractivity contribution in [3.05, 3.63) is 120 Å². The number of ketones is 1. The molecule has 1 aliphatic heterocycles. The van der Waals surface area contributed by atoms with E-state index in [-0.39, 0.29) is 16.6 Å². The van der Waals surface area contributed by atoms with Crippen molar-refractivity contribution in [2.24, 2.45) is 11.3 Å². The summed E-state index contributed by atoms with van der Waals surface area (Å²) in [5.74, 6) is 2.00. The number of benzene rings is 2. The van der Waals surface area contributed by atoms with E-state index in [4.69, 9.17) is 9.47 Å². The van der Waals surface area contributed by atoms with Crippen molar-refractivity contribution in [1.29, 1.82) is 0 Å². The van der Waals surface area contributed by atoms with Gasteiger partial charge in [-0.2, -0.15) is 0 Å². The van der Waals surface area contributed by atoms with Gasteiger partial charge in [0.15, 0.2) is 5.78 Å². The number of rotatable bonds is 14. The van der Waals surface area contributed by atoms with Gasteiger partial charge in [-0.1, -0.05) is 107 Å². The van der Waals surface area contributed by atoms with Gasteiger partial charge >= 0.3 is 0 Å². The number of para-hydroxylation sites is 2. The Kier molecular flexibility index (Phi) is 9.44. The van der Waals surface area contributed by atoms with E-state index < -0.39 is 0 Å². The fraction of sp³-hybridized carbons (Fsp3) is 0.410. The van der Waals surface area contributed by atoms with Crippen molar-refractivity contribution in [3.8, 4) is 5.75 Å². The molecule has 0 saturated carbocycles. The molecule has 3 aliphatic rings. The Bertz CT molecular complexity index is 1430. The molecule has 43 heavy (non-hydrogen) atoms. The van der Waals surface area contributed by atoms with Crippen LogP contribution in [0.3, 0.4) is 0 Å². The Balaban J connectivity index is 1.41. The molecular weight excluding hydrogens is 530 g/mol. The zero-order valence-corrected chi connectivity index (χ0v) is 26.4. The van der Waals surface area contributed by atoms with E-state index in [1.807, 2.05) is 30.3 Å². The van der Waals surface area contributed by atoms with Crippen LogP contribution in [-0.2, 0) is 14.9 Å². The number of carbonyl (C=O) groups excluding carboxylic acids is 1. The van der Waals surface area contributed by atoms with Crippen molar-refractivity contribution in [2.75, 3.05) is 24.7 Å². The molecule has 0 fully saturated rings. The quantitative estimate of drug-likeness (QED) is 0.127. The molecule has 0 N–H and O–H groups in total. The minimum absolute atomic E-state index is 0.0170. The summed E-state index contributed by atoms with van der Waals surface area (Å²) in [4.78, 5) is 15.5. The lowest BCUT2D eigenvalue weighted by Gasteiger charge is -2.32. The van der Waals surface area contributed by atoms with Crippen LogP contribution in [0.15, 0.2) is 114 Å². The van der Waals surface area contributed by atoms with Crippen LogP contribution >= 0.6 is 0 Å². The molecule has 1 atom stereocenters. The number of Topliss-reactive ketones (excluding diaryl/α,β-unsaturated/α-hetero) is 1. The molecule has 2 aromatic rings. The van der Waals surface area contributed by atoms with Crippen LogP contribution in [0.4, 0.5) is 5.69 Å². The zero-order chi connectivity index (χ0) is 30.5. The van der Waals surface area contributed by atoms with Crippen molar-refractivity contribution in [3.63, 3.8) is 0 Å². The highest BCUT2D eigenvalue weighted by Gasteiger charge is 2.44. The van der Waals surface area contributed by atoms with Crippen LogP contribution in [0.25, 0.3) is 0 Å². The van der Waals surface area contributed by atoms with Crippen LogP contribution in [0, 0.1) is 11.3 Å². The lowest BCUT2D eigenvalue weighted by atomic mass is 9.75. The maximum atomic E-state index is 13.1. The molecule has 4 nitrogen and oxygen atoms in total. The molecular formula is C39H47NO3. The summed E-state index contributed by atoms with van der Waals surface area (Å²) in [5.41, 5.74) is 4.66. The molecule has 0 spiro atoms. The summed E-state index contributed by atoms with van der Waals surface area (Å²) in [7, 11) is 0. The highest BCUT2D eigenvalue weighted by Crippen LogP contribution is 2.51. The minimum atomic E-state index is -0.248. The molecule has 0 saturated heterocycles. The molecule has 0 radical (unpaired) electrons. The third-order valence-electron chi connectivity index (χ3n) is 9.05. The lowest BCUT2D eigenvalue weighted by Crippen LogP contribution is -2.33.